The van der Waals surface area contributed by atoms with E-state index in [1.54, 1.807) is 31.2 Å². The van der Waals surface area contributed by atoms with Crippen LogP contribution in [0, 0.1) is 6.92 Å². The summed E-state index contributed by atoms with van der Waals surface area (Å²) in [5.74, 6) is -0.0110. The van der Waals surface area contributed by atoms with Crippen molar-refractivity contribution in [2.24, 2.45) is 5.10 Å². The lowest BCUT2D eigenvalue weighted by Crippen LogP contribution is -2.26. The molecule has 1 atom stereocenters. The van der Waals surface area contributed by atoms with Crippen molar-refractivity contribution in [2.75, 3.05) is 16.7 Å². The van der Waals surface area contributed by atoms with Crippen LogP contribution in [0.25, 0.3) is 0 Å². The molecule has 150 valence electrons. The van der Waals surface area contributed by atoms with Gasteiger partial charge in [-0.1, -0.05) is 36.4 Å². The molecule has 0 bridgehead atoms. The lowest BCUT2D eigenvalue weighted by atomic mass is 9.96. The predicted molar refractivity (Wildman–Crippen MR) is 111 cm³/mol. The number of hydrazone groups is 1. The van der Waals surface area contributed by atoms with E-state index in [-0.39, 0.29) is 5.75 Å². The highest BCUT2D eigenvalue weighted by Crippen LogP contribution is 2.36. The molecule has 1 N–H and O–H groups in total. The first-order valence-corrected chi connectivity index (χ1v) is 12.3. The average Bonchev–Trinajstić information content (AvgIpc) is 3.08. The Labute approximate surface area is 166 Å². The third kappa shape index (κ3) is 4.36. The van der Waals surface area contributed by atoms with Crippen molar-refractivity contribution in [1.82, 2.24) is 4.41 Å². The minimum Gasteiger partial charge on any atom is -0.284 e. The summed E-state index contributed by atoms with van der Waals surface area (Å²) in [6, 6.07) is 14.0. The molecule has 0 fully saturated rings. The molecule has 0 aliphatic carbocycles. The van der Waals surface area contributed by atoms with Crippen LogP contribution in [-0.2, 0) is 20.0 Å². The van der Waals surface area contributed by atoms with Gasteiger partial charge in [0, 0.05) is 12.1 Å². The Hall–Kier alpha value is -2.39. The summed E-state index contributed by atoms with van der Waals surface area (Å²) in [7, 11) is -6.89. The first-order chi connectivity index (χ1) is 13.1. The number of rotatable bonds is 6. The second-order valence-corrected chi connectivity index (χ2v) is 10.6. The molecule has 0 aromatic heterocycles. The molecular weight excluding hydrogens is 398 g/mol. The van der Waals surface area contributed by atoms with Crippen molar-refractivity contribution in [1.29, 1.82) is 0 Å². The van der Waals surface area contributed by atoms with Crippen LogP contribution in [0.15, 0.2) is 53.6 Å². The topological polar surface area (TPSA) is 95.9 Å². The van der Waals surface area contributed by atoms with E-state index in [0.717, 1.165) is 22.9 Å². The summed E-state index contributed by atoms with van der Waals surface area (Å²) in [5, 5.41) is 4.37. The molecule has 0 unspecified atom stereocenters. The first-order valence-electron chi connectivity index (χ1n) is 8.84. The summed E-state index contributed by atoms with van der Waals surface area (Å²) >= 11 is 0. The molecule has 0 amide bonds. The van der Waals surface area contributed by atoms with Crippen LogP contribution < -0.4 is 4.72 Å². The first kappa shape index (κ1) is 20.3. The van der Waals surface area contributed by atoms with E-state index >= 15 is 0 Å². The van der Waals surface area contributed by atoms with Crippen LogP contribution in [0.1, 0.15) is 36.1 Å². The number of benzene rings is 2. The Morgan fingerprint density at radius 1 is 1.07 bits per heavy atom. The van der Waals surface area contributed by atoms with Gasteiger partial charge in [0.2, 0.25) is 20.0 Å². The normalized spacial score (nSPS) is 17.5. The monoisotopic (exact) mass is 421 g/mol. The van der Waals surface area contributed by atoms with Gasteiger partial charge in [0.15, 0.2) is 0 Å². The van der Waals surface area contributed by atoms with Gasteiger partial charge in [-0.15, -0.1) is 0 Å². The summed E-state index contributed by atoms with van der Waals surface area (Å²) in [5.41, 5.74) is 3.77. The number of hydrogen-bond acceptors (Lipinski definition) is 5. The zero-order valence-corrected chi connectivity index (χ0v) is 17.6. The smallest absolute Gasteiger partial charge is 0.247 e. The second kappa shape index (κ2) is 7.56. The van der Waals surface area contributed by atoms with E-state index < -0.39 is 26.1 Å². The minimum atomic E-state index is -3.54. The molecule has 3 rings (SSSR count). The van der Waals surface area contributed by atoms with Crippen molar-refractivity contribution < 1.29 is 16.8 Å². The molecule has 2 aromatic rings. The molecule has 1 aliphatic heterocycles. The van der Waals surface area contributed by atoms with Crippen molar-refractivity contribution >= 4 is 31.4 Å². The third-order valence-electron chi connectivity index (χ3n) is 4.63. The van der Waals surface area contributed by atoms with Gasteiger partial charge >= 0.3 is 0 Å². The van der Waals surface area contributed by atoms with Gasteiger partial charge in [-0.3, -0.25) is 4.72 Å². The van der Waals surface area contributed by atoms with Crippen molar-refractivity contribution in [3.05, 3.63) is 65.2 Å². The highest BCUT2D eigenvalue weighted by molar-refractivity contribution is 7.92. The van der Waals surface area contributed by atoms with Gasteiger partial charge in [0.05, 0.1) is 23.8 Å². The molecule has 2 aromatic carbocycles. The Morgan fingerprint density at radius 3 is 2.29 bits per heavy atom. The van der Waals surface area contributed by atoms with Crippen molar-refractivity contribution in [2.45, 2.75) is 26.3 Å². The number of nitrogens with zero attached hydrogens (tertiary/aromatic N) is 2. The Kier molecular flexibility index (Phi) is 5.49. The predicted octanol–water partition coefficient (Wildman–Crippen LogP) is 2.87. The van der Waals surface area contributed by atoms with Crippen molar-refractivity contribution in [3.8, 4) is 0 Å². The maximum absolute atomic E-state index is 12.3. The van der Waals surface area contributed by atoms with Crippen molar-refractivity contribution in [3.63, 3.8) is 0 Å². The van der Waals surface area contributed by atoms with Gasteiger partial charge < -0.3 is 0 Å². The van der Waals surface area contributed by atoms with Gasteiger partial charge in [-0.2, -0.15) is 9.52 Å². The summed E-state index contributed by atoms with van der Waals surface area (Å²) in [4.78, 5) is 0. The molecule has 0 saturated heterocycles. The van der Waals surface area contributed by atoms with Crippen LogP contribution >= 0.6 is 0 Å². The van der Waals surface area contributed by atoms with Crippen LogP contribution in [0.2, 0.25) is 0 Å². The lowest BCUT2D eigenvalue weighted by molar-refractivity contribution is 0.374. The van der Waals surface area contributed by atoms with E-state index in [1.165, 1.54) is 4.41 Å². The third-order valence-corrected chi connectivity index (χ3v) is 6.95. The van der Waals surface area contributed by atoms with Gasteiger partial charge in [-0.05, 0) is 42.7 Å². The fourth-order valence-corrected chi connectivity index (χ4v) is 4.68. The Balaban J connectivity index is 1.92. The molecule has 0 spiro atoms. The van der Waals surface area contributed by atoms with Crippen LogP contribution in [0.4, 0.5) is 5.69 Å². The quantitative estimate of drug-likeness (QED) is 0.776. The molecule has 0 saturated carbocycles. The van der Waals surface area contributed by atoms with Gasteiger partial charge in [-0.25, -0.2) is 16.8 Å². The van der Waals surface area contributed by atoms with Crippen LogP contribution in [0.3, 0.4) is 0 Å². The Morgan fingerprint density at radius 2 is 1.71 bits per heavy atom. The zero-order chi connectivity index (χ0) is 20.5. The lowest BCUT2D eigenvalue weighted by Gasteiger charge is -2.22. The maximum atomic E-state index is 12.3. The highest BCUT2D eigenvalue weighted by atomic mass is 32.2. The highest BCUT2D eigenvalue weighted by Gasteiger charge is 2.35. The largest absolute Gasteiger partial charge is 0.284 e. The molecule has 0 radical (unpaired) electrons. The van der Waals surface area contributed by atoms with E-state index in [1.807, 2.05) is 31.2 Å². The maximum Gasteiger partial charge on any atom is 0.247 e. The fourth-order valence-electron chi connectivity index (χ4n) is 3.14. The molecule has 1 heterocycles. The molecular formula is C19H23N3O4S2. The van der Waals surface area contributed by atoms with Crippen LogP contribution in [0.5, 0.6) is 0 Å². The number of nitrogens with one attached hydrogen (secondary N) is 1. The second-order valence-electron chi connectivity index (χ2n) is 6.74. The zero-order valence-electron chi connectivity index (χ0n) is 16.0. The standard InChI is InChI=1S/C19H23N3O4S2/c1-4-28(25,26)21-16-11-9-15(10-12-16)18-13-19(22(20-18)27(3,23)24)17-8-6-5-7-14(17)2/h5-12,19,21H,4,13H2,1-3H3/t19-/m1/s1. The van der Waals surface area contributed by atoms with E-state index in [9.17, 15) is 16.8 Å². The summed E-state index contributed by atoms with van der Waals surface area (Å²) in [6.07, 6.45) is 1.59. The number of hydrogen-bond donors (Lipinski definition) is 1. The number of anilines is 1. The SMILES string of the molecule is CCS(=O)(=O)Nc1ccc(C2=NN(S(C)(=O)=O)[C@@H](c3ccccc3C)C2)cc1. The van der Waals surface area contributed by atoms with Gasteiger partial charge in [0.1, 0.15) is 0 Å². The van der Waals surface area contributed by atoms with E-state index in [4.69, 9.17) is 0 Å². The van der Waals surface area contributed by atoms with Crippen LogP contribution in [-0.4, -0.2) is 39.0 Å². The van der Waals surface area contributed by atoms with E-state index in [0.29, 0.717) is 17.8 Å². The van der Waals surface area contributed by atoms with Gasteiger partial charge in [0.25, 0.3) is 0 Å². The molecule has 9 heteroatoms. The summed E-state index contributed by atoms with van der Waals surface area (Å²) in [6.45, 7) is 3.51. The van der Waals surface area contributed by atoms with E-state index in [2.05, 4.69) is 9.82 Å². The molecule has 7 nitrogen and oxygen atoms in total. The molecule has 28 heavy (non-hydrogen) atoms. The fraction of sp³-hybridized carbons (Fsp3) is 0.316. The summed E-state index contributed by atoms with van der Waals surface area (Å²) < 4.78 is 51.6. The minimum absolute atomic E-state index is 0.0110. The molecule has 1 aliphatic rings. The average molecular weight is 422 g/mol. The number of sulfonamides is 2. The number of aryl methyl sites for hydroxylation is 1. The Bertz CT molecular complexity index is 1110.